The number of nitrogens with zero attached hydrogens (tertiary/aromatic N) is 2. The van der Waals surface area contributed by atoms with E-state index in [1.54, 1.807) is 44.6 Å². The summed E-state index contributed by atoms with van der Waals surface area (Å²) in [6, 6.07) is 8.44. The van der Waals surface area contributed by atoms with Gasteiger partial charge >= 0.3 is 0 Å². The van der Waals surface area contributed by atoms with Gasteiger partial charge in [0, 0.05) is 17.8 Å². The fourth-order valence-corrected chi connectivity index (χ4v) is 1.91. The maximum Gasteiger partial charge on any atom is 0.274 e. The second-order valence-electron chi connectivity index (χ2n) is 4.15. The molecule has 22 heavy (non-hydrogen) atoms. The summed E-state index contributed by atoms with van der Waals surface area (Å²) in [6.07, 6.45) is 2.98. The zero-order valence-corrected chi connectivity index (χ0v) is 12.8. The molecule has 0 aliphatic carbocycles. The molecule has 0 unspecified atom stereocenters. The lowest BCUT2D eigenvalue weighted by Gasteiger charge is -2.07. The molecule has 2 rings (SSSR count). The molecule has 1 amide bonds. The molecule has 114 valence electrons. The molecule has 1 heterocycles. The average molecular weight is 320 g/mol. The predicted molar refractivity (Wildman–Crippen MR) is 83.9 cm³/mol. The zero-order valence-electron chi connectivity index (χ0n) is 12.0. The lowest BCUT2D eigenvalue weighted by molar-refractivity contribution is 0.0955. The first-order valence-corrected chi connectivity index (χ1v) is 6.69. The molecule has 0 aliphatic rings. The number of carbonyl (C=O) groups excluding carboxylic acids is 1. The monoisotopic (exact) mass is 319 g/mol. The van der Waals surface area contributed by atoms with Gasteiger partial charge in [-0.2, -0.15) is 5.10 Å². The Labute approximate surface area is 132 Å². The van der Waals surface area contributed by atoms with Crippen LogP contribution in [0.5, 0.6) is 11.5 Å². The van der Waals surface area contributed by atoms with Crippen LogP contribution in [0.2, 0.25) is 5.15 Å². The predicted octanol–water partition coefficient (Wildman–Crippen LogP) is 2.52. The summed E-state index contributed by atoms with van der Waals surface area (Å²) in [6.45, 7) is 0. The number of hydrogen-bond acceptors (Lipinski definition) is 5. The first-order chi connectivity index (χ1) is 10.7. The number of carbonyl (C=O) groups is 1. The number of rotatable bonds is 5. The van der Waals surface area contributed by atoms with Gasteiger partial charge in [-0.1, -0.05) is 11.6 Å². The molecule has 1 aromatic carbocycles. The number of hydrogen-bond donors (Lipinski definition) is 1. The second kappa shape index (κ2) is 7.42. The number of hydrazone groups is 1. The average Bonchev–Trinajstić information content (AvgIpc) is 2.55. The van der Waals surface area contributed by atoms with E-state index in [-0.39, 0.29) is 10.7 Å². The fourth-order valence-electron chi connectivity index (χ4n) is 1.70. The first-order valence-electron chi connectivity index (χ1n) is 6.31. The number of amides is 1. The molecule has 0 saturated heterocycles. The number of pyridine rings is 1. The molecule has 6 nitrogen and oxygen atoms in total. The number of halogens is 1. The Bertz CT molecular complexity index is 704. The smallest absolute Gasteiger partial charge is 0.274 e. The Balaban J connectivity index is 2.10. The van der Waals surface area contributed by atoms with Crippen LogP contribution >= 0.6 is 11.6 Å². The van der Waals surface area contributed by atoms with Gasteiger partial charge in [0.25, 0.3) is 5.91 Å². The molecule has 1 aromatic heterocycles. The molecule has 0 saturated carbocycles. The second-order valence-corrected chi connectivity index (χ2v) is 4.51. The van der Waals surface area contributed by atoms with Crippen LogP contribution in [0.1, 0.15) is 15.9 Å². The number of benzene rings is 1. The molecule has 0 radical (unpaired) electrons. The van der Waals surface area contributed by atoms with Crippen molar-refractivity contribution in [1.29, 1.82) is 0 Å². The van der Waals surface area contributed by atoms with Crippen molar-refractivity contribution in [2.45, 2.75) is 0 Å². The molecule has 2 aromatic rings. The highest BCUT2D eigenvalue weighted by Gasteiger charge is 2.09. The molecule has 7 heteroatoms. The number of methoxy groups -OCH3 is 2. The van der Waals surface area contributed by atoms with Gasteiger partial charge < -0.3 is 9.47 Å². The van der Waals surface area contributed by atoms with Crippen LogP contribution in [0.3, 0.4) is 0 Å². The number of ether oxygens (including phenoxy) is 2. The van der Waals surface area contributed by atoms with E-state index in [1.807, 2.05) is 0 Å². The Morgan fingerprint density at radius 1 is 1.32 bits per heavy atom. The van der Waals surface area contributed by atoms with E-state index < -0.39 is 5.91 Å². The third-order valence-electron chi connectivity index (χ3n) is 2.81. The molecule has 0 bridgehead atoms. The Kier molecular flexibility index (Phi) is 5.32. The van der Waals surface area contributed by atoms with Crippen molar-refractivity contribution < 1.29 is 14.3 Å². The van der Waals surface area contributed by atoms with Gasteiger partial charge in [-0.15, -0.1) is 0 Å². The molecule has 0 atom stereocenters. The summed E-state index contributed by atoms with van der Waals surface area (Å²) in [5, 5.41) is 4.01. The minimum absolute atomic E-state index is 0.122. The van der Waals surface area contributed by atoms with Crippen molar-refractivity contribution >= 4 is 23.7 Å². The van der Waals surface area contributed by atoms with Gasteiger partial charge in [-0.25, -0.2) is 10.4 Å². The lowest BCUT2D eigenvalue weighted by atomic mass is 10.2. The highest BCUT2D eigenvalue weighted by molar-refractivity contribution is 6.32. The largest absolute Gasteiger partial charge is 0.497 e. The van der Waals surface area contributed by atoms with Crippen molar-refractivity contribution in [3.05, 3.63) is 52.8 Å². The van der Waals surface area contributed by atoms with Crippen LogP contribution in [0.25, 0.3) is 0 Å². The van der Waals surface area contributed by atoms with E-state index in [9.17, 15) is 4.79 Å². The zero-order chi connectivity index (χ0) is 15.9. The van der Waals surface area contributed by atoms with Gasteiger partial charge in [0.1, 0.15) is 16.7 Å². The van der Waals surface area contributed by atoms with Crippen molar-refractivity contribution in [3.63, 3.8) is 0 Å². The first kappa shape index (κ1) is 15.8. The Morgan fingerprint density at radius 2 is 2.14 bits per heavy atom. The molecule has 0 spiro atoms. The van der Waals surface area contributed by atoms with Gasteiger partial charge in [-0.05, 0) is 24.3 Å². The topological polar surface area (TPSA) is 72.8 Å². The van der Waals surface area contributed by atoms with Crippen LogP contribution in [-0.4, -0.2) is 31.3 Å². The maximum absolute atomic E-state index is 11.9. The van der Waals surface area contributed by atoms with Crippen LogP contribution in [0, 0.1) is 0 Å². The quantitative estimate of drug-likeness (QED) is 0.522. The standard InChI is InChI=1S/C15H14ClN3O3/c1-21-11-6-5-10(13(8-11)22-2)9-18-19-15(20)12-4-3-7-17-14(12)16/h3-9H,1-2H3,(H,19,20). The summed E-state index contributed by atoms with van der Waals surface area (Å²) in [5.41, 5.74) is 3.34. The SMILES string of the molecule is COc1ccc(C=NNC(=O)c2cccnc2Cl)c(OC)c1. The molecule has 1 N–H and O–H groups in total. The van der Waals surface area contributed by atoms with Crippen molar-refractivity contribution in [2.24, 2.45) is 5.10 Å². The van der Waals surface area contributed by atoms with Crippen molar-refractivity contribution in [2.75, 3.05) is 14.2 Å². The van der Waals surface area contributed by atoms with Gasteiger partial charge in [-0.3, -0.25) is 4.79 Å². The van der Waals surface area contributed by atoms with Crippen LogP contribution < -0.4 is 14.9 Å². The van der Waals surface area contributed by atoms with E-state index in [0.717, 1.165) is 0 Å². The Morgan fingerprint density at radius 3 is 2.82 bits per heavy atom. The molecular weight excluding hydrogens is 306 g/mol. The molecule has 0 aliphatic heterocycles. The van der Waals surface area contributed by atoms with E-state index >= 15 is 0 Å². The summed E-state index contributed by atoms with van der Waals surface area (Å²) < 4.78 is 10.3. The summed E-state index contributed by atoms with van der Waals surface area (Å²) in [7, 11) is 3.11. The van der Waals surface area contributed by atoms with Gasteiger partial charge in [0.05, 0.1) is 26.0 Å². The minimum Gasteiger partial charge on any atom is -0.497 e. The van der Waals surface area contributed by atoms with Crippen molar-refractivity contribution in [3.8, 4) is 11.5 Å². The number of nitrogens with one attached hydrogen (secondary N) is 1. The van der Waals surface area contributed by atoms with Crippen molar-refractivity contribution in [1.82, 2.24) is 10.4 Å². The van der Waals surface area contributed by atoms with Crippen LogP contribution in [-0.2, 0) is 0 Å². The lowest BCUT2D eigenvalue weighted by Crippen LogP contribution is -2.18. The third kappa shape index (κ3) is 3.73. The van der Waals surface area contributed by atoms with Gasteiger partial charge in [0.15, 0.2) is 0 Å². The summed E-state index contributed by atoms with van der Waals surface area (Å²) in [5.74, 6) is 0.804. The molecular formula is C15H14ClN3O3. The number of aromatic nitrogens is 1. The van der Waals surface area contributed by atoms with Gasteiger partial charge in [0.2, 0.25) is 0 Å². The van der Waals surface area contributed by atoms with E-state index in [2.05, 4.69) is 15.5 Å². The maximum atomic E-state index is 11.9. The normalized spacial score (nSPS) is 10.5. The van der Waals surface area contributed by atoms with E-state index in [4.69, 9.17) is 21.1 Å². The summed E-state index contributed by atoms with van der Waals surface area (Å²) >= 11 is 5.84. The summed E-state index contributed by atoms with van der Waals surface area (Å²) in [4.78, 5) is 15.7. The highest BCUT2D eigenvalue weighted by atomic mass is 35.5. The Hall–Kier alpha value is -2.60. The molecule has 0 fully saturated rings. The highest BCUT2D eigenvalue weighted by Crippen LogP contribution is 2.23. The minimum atomic E-state index is -0.443. The fraction of sp³-hybridized carbons (Fsp3) is 0.133. The third-order valence-corrected chi connectivity index (χ3v) is 3.12. The van der Waals surface area contributed by atoms with Crippen LogP contribution in [0.4, 0.5) is 0 Å². The van der Waals surface area contributed by atoms with E-state index in [1.165, 1.54) is 12.4 Å². The van der Waals surface area contributed by atoms with E-state index in [0.29, 0.717) is 17.1 Å². The van der Waals surface area contributed by atoms with Crippen LogP contribution in [0.15, 0.2) is 41.6 Å².